The van der Waals surface area contributed by atoms with Gasteiger partial charge in [-0.05, 0) is 18.1 Å². The fourth-order valence-electron chi connectivity index (χ4n) is 3.58. The summed E-state index contributed by atoms with van der Waals surface area (Å²) in [6.07, 6.45) is 0. The van der Waals surface area contributed by atoms with Crippen LogP contribution in [0.3, 0.4) is 0 Å². The Hall–Kier alpha value is -1.43. The molecule has 1 spiro atoms. The minimum absolute atomic E-state index is 0.220. The van der Waals surface area contributed by atoms with E-state index in [1.54, 1.807) is 0 Å². The van der Waals surface area contributed by atoms with E-state index in [0.717, 1.165) is 19.6 Å². The molecule has 2 saturated heterocycles. The van der Waals surface area contributed by atoms with Gasteiger partial charge in [0.2, 0.25) is 0 Å². The van der Waals surface area contributed by atoms with Crippen LogP contribution in [0.1, 0.15) is 24.1 Å². The van der Waals surface area contributed by atoms with Gasteiger partial charge in [-0.15, -0.1) is 11.6 Å². The van der Waals surface area contributed by atoms with Crippen LogP contribution < -0.4 is 5.32 Å². The van der Waals surface area contributed by atoms with E-state index in [-0.39, 0.29) is 11.6 Å². The molecule has 2 aliphatic rings. The lowest BCUT2D eigenvalue weighted by molar-refractivity contribution is -0.453. The molecule has 0 radical (unpaired) electrons. The van der Waals surface area contributed by atoms with Gasteiger partial charge >= 0.3 is 0 Å². The maximum Gasteiger partial charge on any atom is 0.165 e. The van der Waals surface area contributed by atoms with Crippen molar-refractivity contribution in [2.45, 2.75) is 24.3 Å². The summed E-state index contributed by atoms with van der Waals surface area (Å²) < 4.78 is 0. The average molecular weight is 359 g/mol. The zero-order valence-electron chi connectivity index (χ0n) is 14.3. The molecule has 0 amide bonds. The number of hydrogen-bond acceptors (Lipinski definition) is 4. The van der Waals surface area contributed by atoms with E-state index < -0.39 is 5.72 Å². The van der Waals surface area contributed by atoms with Crippen molar-refractivity contribution in [3.05, 3.63) is 71.8 Å². The molecule has 2 fully saturated rings. The van der Waals surface area contributed by atoms with Gasteiger partial charge in [-0.1, -0.05) is 60.7 Å². The molecule has 0 bridgehead atoms. The summed E-state index contributed by atoms with van der Waals surface area (Å²) in [6, 6.07) is 21.4. The second-order valence-corrected chi connectivity index (χ2v) is 7.46. The van der Waals surface area contributed by atoms with Crippen molar-refractivity contribution >= 4 is 11.6 Å². The third-order valence-electron chi connectivity index (χ3n) is 5.02. The highest BCUT2D eigenvalue weighted by molar-refractivity contribution is 6.18. The Balaban J connectivity index is 1.52. The Labute approximate surface area is 153 Å². The molecule has 1 atom stereocenters. The number of rotatable bonds is 4. The van der Waals surface area contributed by atoms with Crippen molar-refractivity contribution in [2.75, 3.05) is 25.5 Å². The third-order valence-corrected chi connectivity index (χ3v) is 5.53. The zero-order valence-corrected chi connectivity index (χ0v) is 15.1. The number of nitrogens with one attached hydrogen (secondary N) is 1. The standard InChI is InChI=1S/C20H23ClN2O2/c1-19(12-21)22-13-20(25-24-19)14-23(15-20)18(16-8-4-2-5-9-16)17-10-6-3-7-11-17/h2-11,18,22H,12-15H2,1H3. The lowest BCUT2D eigenvalue weighted by Crippen LogP contribution is -2.73. The van der Waals surface area contributed by atoms with Crippen molar-refractivity contribution < 1.29 is 9.78 Å². The summed E-state index contributed by atoms with van der Waals surface area (Å²) >= 11 is 5.94. The van der Waals surface area contributed by atoms with Crippen molar-refractivity contribution in [3.63, 3.8) is 0 Å². The molecule has 0 saturated carbocycles. The van der Waals surface area contributed by atoms with Crippen molar-refractivity contribution in [1.29, 1.82) is 0 Å². The van der Waals surface area contributed by atoms with Crippen LogP contribution >= 0.6 is 11.6 Å². The van der Waals surface area contributed by atoms with Crippen LogP contribution in [0.4, 0.5) is 0 Å². The predicted octanol–water partition coefficient (Wildman–Crippen LogP) is 3.34. The first-order valence-electron chi connectivity index (χ1n) is 8.65. The molecular formula is C20H23ClN2O2. The van der Waals surface area contributed by atoms with E-state index in [0.29, 0.717) is 5.88 Å². The van der Waals surface area contributed by atoms with Crippen LogP contribution in [-0.2, 0) is 9.78 Å². The van der Waals surface area contributed by atoms with E-state index in [9.17, 15) is 0 Å². The molecule has 4 nitrogen and oxygen atoms in total. The summed E-state index contributed by atoms with van der Waals surface area (Å²) in [7, 11) is 0. The summed E-state index contributed by atoms with van der Waals surface area (Å²) in [6.45, 7) is 4.27. The van der Waals surface area contributed by atoms with Crippen molar-refractivity contribution in [1.82, 2.24) is 10.2 Å². The molecule has 1 N–H and O–H groups in total. The fourth-order valence-corrected chi connectivity index (χ4v) is 3.72. The van der Waals surface area contributed by atoms with Gasteiger partial charge in [0, 0.05) is 19.6 Å². The topological polar surface area (TPSA) is 33.7 Å². The maximum atomic E-state index is 5.94. The summed E-state index contributed by atoms with van der Waals surface area (Å²) in [5.74, 6) is 0.351. The Bertz CT molecular complexity index is 655. The highest BCUT2D eigenvalue weighted by atomic mass is 35.5. The highest BCUT2D eigenvalue weighted by Crippen LogP contribution is 2.39. The monoisotopic (exact) mass is 358 g/mol. The van der Waals surface area contributed by atoms with Gasteiger partial charge < -0.3 is 0 Å². The zero-order chi connectivity index (χ0) is 17.3. The van der Waals surface area contributed by atoms with Gasteiger partial charge in [0.05, 0.1) is 11.9 Å². The Morgan fingerprint density at radius 1 is 1.00 bits per heavy atom. The predicted molar refractivity (Wildman–Crippen MR) is 98.3 cm³/mol. The first-order valence-corrected chi connectivity index (χ1v) is 9.18. The molecular weight excluding hydrogens is 336 g/mol. The molecule has 0 aromatic heterocycles. The number of benzene rings is 2. The minimum Gasteiger partial charge on any atom is -0.286 e. The first-order chi connectivity index (χ1) is 12.1. The lowest BCUT2D eigenvalue weighted by atomic mass is 9.86. The largest absolute Gasteiger partial charge is 0.286 e. The summed E-state index contributed by atoms with van der Waals surface area (Å²) in [4.78, 5) is 13.7. The number of nitrogens with zero attached hydrogens (tertiary/aromatic N) is 1. The van der Waals surface area contributed by atoms with Gasteiger partial charge in [-0.2, -0.15) is 0 Å². The number of hydrogen-bond donors (Lipinski definition) is 1. The molecule has 2 aromatic rings. The molecule has 25 heavy (non-hydrogen) atoms. The Morgan fingerprint density at radius 2 is 1.56 bits per heavy atom. The van der Waals surface area contributed by atoms with Crippen LogP contribution in [0.5, 0.6) is 0 Å². The molecule has 0 aliphatic carbocycles. The normalized spacial score (nSPS) is 25.9. The van der Waals surface area contributed by atoms with Gasteiger partial charge in [-0.25, -0.2) is 9.78 Å². The molecule has 132 valence electrons. The third kappa shape index (κ3) is 3.33. The summed E-state index contributed by atoms with van der Waals surface area (Å²) in [5.41, 5.74) is 1.68. The van der Waals surface area contributed by atoms with Crippen LogP contribution in [0.15, 0.2) is 60.7 Å². The highest BCUT2D eigenvalue weighted by Gasteiger charge is 2.52. The number of alkyl halides is 1. The summed E-state index contributed by atoms with van der Waals surface area (Å²) in [5, 5.41) is 3.37. The molecule has 5 heteroatoms. The second kappa shape index (κ2) is 6.71. The SMILES string of the molecule is CC1(CCl)NCC2(CN(C(c3ccccc3)c3ccccc3)C2)OO1. The Morgan fingerprint density at radius 3 is 2.00 bits per heavy atom. The number of likely N-dealkylation sites (tertiary alicyclic amines) is 1. The van der Waals surface area contributed by atoms with Crippen molar-refractivity contribution in [2.24, 2.45) is 0 Å². The van der Waals surface area contributed by atoms with E-state index in [1.807, 2.05) is 6.92 Å². The molecule has 2 heterocycles. The van der Waals surface area contributed by atoms with Gasteiger partial charge in [0.15, 0.2) is 5.72 Å². The minimum atomic E-state index is -0.606. The van der Waals surface area contributed by atoms with E-state index in [1.165, 1.54) is 11.1 Å². The fraction of sp³-hybridized carbons (Fsp3) is 0.400. The van der Waals surface area contributed by atoms with Gasteiger partial charge in [-0.3, -0.25) is 10.2 Å². The maximum absolute atomic E-state index is 5.94. The second-order valence-electron chi connectivity index (χ2n) is 7.20. The molecule has 2 aliphatic heterocycles. The average Bonchev–Trinajstić information content (AvgIpc) is 2.64. The van der Waals surface area contributed by atoms with E-state index in [2.05, 4.69) is 70.9 Å². The lowest BCUT2D eigenvalue weighted by Gasteiger charge is -2.55. The van der Waals surface area contributed by atoms with Gasteiger partial charge in [0.1, 0.15) is 5.60 Å². The number of halogens is 1. The quantitative estimate of drug-likeness (QED) is 0.671. The molecule has 2 aromatic carbocycles. The van der Waals surface area contributed by atoms with E-state index >= 15 is 0 Å². The van der Waals surface area contributed by atoms with Crippen LogP contribution in [0.25, 0.3) is 0 Å². The van der Waals surface area contributed by atoms with E-state index in [4.69, 9.17) is 21.4 Å². The van der Waals surface area contributed by atoms with Gasteiger partial charge in [0.25, 0.3) is 0 Å². The smallest absolute Gasteiger partial charge is 0.165 e. The first kappa shape index (κ1) is 17.0. The molecule has 1 unspecified atom stereocenters. The van der Waals surface area contributed by atoms with Crippen LogP contribution in [-0.4, -0.2) is 41.7 Å². The Kier molecular flexibility index (Phi) is 4.56. The van der Waals surface area contributed by atoms with Crippen LogP contribution in [0, 0.1) is 0 Å². The molecule has 4 rings (SSSR count). The van der Waals surface area contributed by atoms with Crippen molar-refractivity contribution in [3.8, 4) is 0 Å². The van der Waals surface area contributed by atoms with Crippen LogP contribution in [0.2, 0.25) is 0 Å².